The van der Waals surface area contributed by atoms with Crippen LogP contribution >= 0.6 is 0 Å². The maximum atomic E-state index is 14.9. The number of ketones is 1. The number of urea groups is 1. The smallest absolute Gasteiger partial charge is 0.315 e. The quantitative estimate of drug-likeness (QED) is 0.232. The van der Waals surface area contributed by atoms with E-state index in [0.717, 1.165) is 44.9 Å². The molecule has 5 rings (SSSR count). The number of carbonyl (C=O) groups is 6. The Kier molecular flexibility index (Phi) is 10.5. The van der Waals surface area contributed by atoms with E-state index in [9.17, 15) is 28.8 Å². The normalized spacial score (nSPS) is 28.0. The predicted molar refractivity (Wildman–Crippen MR) is 198 cm³/mol. The van der Waals surface area contributed by atoms with Crippen molar-refractivity contribution in [1.82, 2.24) is 25.8 Å². The molecule has 12 nitrogen and oxygen atoms in total. The summed E-state index contributed by atoms with van der Waals surface area (Å²) in [6.45, 7) is 21.7. The van der Waals surface area contributed by atoms with E-state index in [0.29, 0.717) is 38.9 Å². The molecule has 292 valence electrons. The van der Waals surface area contributed by atoms with Gasteiger partial charge in [-0.25, -0.2) is 4.79 Å². The first kappa shape index (κ1) is 40.0. The third kappa shape index (κ3) is 7.20. The largest absolute Gasteiger partial charge is 0.363 e. The minimum absolute atomic E-state index is 0.0327. The highest BCUT2D eigenvalue weighted by molar-refractivity contribution is 6.37. The second-order valence-corrected chi connectivity index (χ2v) is 20.4. The molecule has 0 aromatic rings. The molecule has 0 aromatic heterocycles. The molecule has 0 radical (unpaired) electrons. The van der Waals surface area contributed by atoms with Crippen molar-refractivity contribution in [1.29, 1.82) is 0 Å². The first-order valence-corrected chi connectivity index (χ1v) is 19.7. The van der Waals surface area contributed by atoms with E-state index in [-0.39, 0.29) is 50.8 Å². The summed E-state index contributed by atoms with van der Waals surface area (Å²) in [5.41, 5.74) is 3.92. The van der Waals surface area contributed by atoms with Crippen LogP contribution in [0.5, 0.6) is 0 Å². The molecule has 3 saturated carbocycles. The number of carbonyl (C=O) groups excluding carboxylic acids is 6. The highest BCUT2D eigenvalue weighted by Gasteiger charge is 2.85. The monoisotopic (exact) mass is 727 g/mol. The lowest BCUT2D eigenvalue weighted by Gasteiger charge is -2.41. The first-order chi connectivity index (χ1) is 23.9. The molecule has 52 heavy (non-hydrogen) atoms. The van der Waals surface area contributed by atoms with Gasteiger partial charge in [-0.2, -0.15) is 0 Å². The Bertz CT molecular complexity index is 1470. The number of Topliss-reactive ketones (excluding diaryl/α,β-unsaturated/α-hetero) is 1. The zero-order valence-corrected chi connectivity index (χ0v) is 33.5. The summed E-state index contributed by atoms with van der Waals surface area (Å²) >= 11 is 0. The summed E-state index contributed by atoms with van der Waals surface area (Å²) in [6.07, 6.45) is 8.21. The lowest BCUT2D eigenvalue weighted by Crippen LogP contribution is -2.62. The number of hydrogen-bond acceptors (Lipinski definition) is 6. The van der Waals surface area contributed by atoms with Crippen molar-refractivity contribution in [3.63, 3.8) is 0 Å². The molecule has 4 unspecified atom stereocenters. The van der Waals surface area contributed by atoms with E-state index in [1.54, 1.807) is 4.90 Å². The molecule has 2 saturated heterocycles. The highest BCUT2D eigenvalue weighted by Crippen LogP contribution is 2.88. The minimum atomic E-state index is -1.08. The van der Waals surface area contributed by atoms with Crippen LogP contribution in [0.15, 0.2) is 0 Å². The number of fused-ring (bicyclic) bond motifs is 1. The van der Waals surface area contributed by atoms with Gasteiger partial charge in [0.1, 0.15) is 12.1 Å². The molecule has 3 aliphatic carbocycles. The number of rotatable bonds is 11. The van der Waals surface area contributed by atoms with Gasteiger partial charge in [0.05, 0.1) is 12.1 Å². The Morgan fingerprint density at radius 2 is 1.50 bits per heavy atom. The van der Waals surface area contributed by atoms with Gasteiger partial charge in [-0.3, -0.25) is 24.0 Å². The zero-order chi connectivity index (χ0) is 38.8. The van der Waals surface area contributed by atoms with Crippen LogP contribution in [0.4, 0.5) is 4.79 Å². The van der Waals surface area contributed by atoms with Crippen LogP contribution in [-0.2, 0) is 24.0 Å². The van der Waals surface area contributed by atoms with Crippen LogP contribution in [0.2, 0.25) is 0 Å². The Labute approximate surface area is 310 Å². The van der Waals surface area contributed by atoms with Crippen molar-refractivity contribution < 1.29 is 28.8 Å². The Balaban J connectivity index is 1.37. The Morgan fingerprint density at radius 3 is 1.96 bits per heavy atom. The summed E-state index contributed by atoms with van der Waals surface area (Å²) < 4.78 is 0. The van der Waals surface area contributed by atoms with Gasteiger partial charge >= 0.3 is 6.03 Å². The van der Waals surface area contributed by atoms with E-state index in [4.69, 9.17) is 5.73 Å². The third-order valence-corrected chi connectivity index (χ3v) is 14.3. The lowest BCUT2D eigenvalue weighted by molar-refractivity contribution is -0.143. The molecule has 6 amide bonds. The van der Waals surface area contributed by atoms with Gasteiger partial charge < -0.3 is 31.5 Å². The predicted octanol–water partition coefficient (Wildman–Crippen LogP) is 4.29. The standard InChI is InChI=1S/C40H66N6O6/c1-35(2,3)27(22-45-18-17-37(7,8)21-28(45)47)43-34(52)44-30(36(4,5)6)33(51)46-23-40(38(9,10)39(40)15-12-16-39)20-26(46)32(50)42-25(29(48)31(41)49)19-24-13-11-14-24/h24-27,30H,11-23H2,1-10H3,(H2,41,49)(H,42,50)(H2,43,44,52)/t25?,26?,27-,30?,40?/m1/s1. The average molecular weight is 727 g/mol. The van der Waals surface area contributed by atoms with Crippen LogP contribution in [-0.4, -0.2) is 89.0 Å². The fraction of sp³-hybridized carbons (Fsp3) is 0.850. The van der Waals surface area contributed by atoms with Gasteiger partial charge in [0.15, 0.2) is 0 Å². The fourth-order valence-electron chi connectivity index (χ4n) is 10.1. The molecule has 5 aliphatic rings. The van der Waals surface area contributed by atoms with Gasteiger partial charge in [0, 0.05) is 31.5 Å². The molecule has 0 bridgehead atoms. The number of nitrogens with zero attached hydrogens (tertiary/aromatic N) is 2. The molecular weight excluding hydrogens is 660 g/mol. The first-order valence-electron chi connectivity index (χ1n) is 19.7. The Hall–Kier alpha value is -3.18. The maximum absolute atomic E-state index is 14.9. The van der Waals surface area contributed by atoms with Crippen LogP contribution in [0.3, 0.4) is 0 Å². The van der Waals surface area contributed by atoms with Crippen LogP contribution in [0.25, 0.3) is 0 Å². The second-order valence-electron chi connectivity index (χ2n) is 20.4. The minimum Gasteiger partial charge on any atom is -0.363 e. The van der Waals surface area contributed by atoms with Crippen molar-refractivity contribution in [2.24, 2.45) is 44.1 Å². The van der Waals surface area contributed by atoms with E-state index in [2.05, 4.69) is 43.6 Å². The van der Waals surface area contributed by atoms with Crippen LogP contribution in [0.1, 0.15) is 133 Å². The van der Waals surface area contributed by atoms with E-state index in [1.807, 2.05) is 46.4 Å². The second kappa shape index (κ2) is 13.6. The van der Waals surface area contributed by atoms with Crippen molar-refractivity contribution in [2.75, 3.05) is 19.6 Å². The molecule has 2 spiro atoms. The van der Waals surface area contributed by atoms with Gasteiger partial charge in [0.2, 0.25) is 23.5 Å². The van der Waals surface area contributed by atoms with Gasteiger partial charge in [-0.15, -0.1) is 0 Å². The summed E-state index contributed by atoms with van der Waals surface area (Å²) in [5, 5.41) is 8.98. The number of hydrogen-bond donors (Lipinski definition) is 4. The van der Waals surface area contributed by atoms with Crippen molar-refractivity contribution >= 4 is 35.4 Å². The molecule has 5 N–H and O–H groups in total. The maximum Gasteiger partial charge on any atom is 0.315 e. The molecular formula is C40H66N6O6. The van der Waals surface area contributed by atoms with Crippen molar-refractivity contribution in [3.05, 3.63) is 0 Å². The van der Waals surface area contributed by atoms with Crippen molar-refractivity contribution in [2.45, 2.75) is 158 Å². The molecule has 5 fully saturated rings. The molecule has 2 aliphatic heterocycles. The third-order valence-electron chi connectivity index (χ3n) is 14.3. The summed E-state index contributed by atoms with van der Waals surface area (Å²) in [7, 11) is 0. The lowest BCUT2D eigenvalue weighted by atomic mass is 9.73. The van der Waals surface area contributed by atoms with Crippen LogP contribution < -0.4 is 21.7 Å². The van der Waals surface area contributed by atoms with E-state index < -0.39 is 47.2 Å². The summed E-state index contributed by atoms with van der Waals surface area (Å²) in [4.78, 5) is 84.5. The number of nitrogens with one attached hydrogen (secondary N) is 3. The molecule has 12 heteroatoms. The Morgan fingerprint density at radius 1 is 0.865 bits per heavy atom. The van der Waals surface area contributed by atoms with Gasteiger partial charge in [0.25, 0.3) is 5.91 Å². The van der Waals surface area contributed by atoms with Gasteiger partial charge in [-0.1, -0.05) is 94.9 Å². The number of likely N-dealkylation sites (tertiary alicyclic amines) is 2. The topological polar surface area (TPSA) is 171 Å². The summed E-state index contributed by atoms with van der Waals surface area (Å²) in [5.74, 6) is -2.41. The molecule has 5 atom stereocenters. The number of nitrogens with two attached hydrogens (primary N) is 1. The van der Waals surface area contributed by atoms with Crippen LogP contribution in [0, 0.1) is 38.4 Å². The highest BCUT2D eigenvalue weighted by atomic mass is 16.2. The molecule has 2 heterocycles. The van der Waals surface area contributed by atoms with Gasteiger partial charge in [-0.05, 0) is 65.1 Å². The number of primary amides is 1. The average Bonchev–Trinajstić information content (AvgIpc) is 3.19. The van der Waals surface area contributed by atoms with E-state index in [1.165, 1.54) is 0 Å². The van der Waals surface area contributed by atoms with E-state index >= 15 is 0 Å². The molecule has 0 aromatic carbocycles. The van der Waals surface area contributed by atoms with Crippen molar-refractivity contribution in [3.8, 4) is 0 Å². The number of amides is 6. The zero-order valence-electron chi connectivity index (χ0n) is 33.5. The SMILES string of the molecule is CC1(C)CCN(C[C@@H](NC(=O)NC(C(=O)N2CC3(CC2C(=O)NC(CC2CCC2)C(=O)C(N)=O)C(C)(C)C32CCC2)C(C)(C)C)C(C)(C)C)C(=O)C1. The fourth-order valence-corrected chi connectivity index (χ4v) is 10.1. The summed E-state index contributed by atoms with van der Waals surface area (Å²) in [6, 6.07) is -3.79. The number of piperidine rings is 1.